The molecule has 0 unspecified atom stereocenters. The first-order valence-electron chi connectivity index (χ1n) is 6.41. The van der Waals surface area contributed by atoms with E-state index in [0.717, 1.165) is 12.8 Å². The second-order valence-corrected chi connectivity index (χ2v) is 6.84. The number of piperidine rings is 1. The molecule has 106 valence electrons. The number of benzene rings is 1. The molecule has 1 aliphatic heterocycles. The van der Waals surface area contributed by atoms with E-state index in [9.17, 15) is 12.8 Å². The predicted octanol–water partition coefficient (Wildman–Crippen LogP) is 1.34. The fourth-order valence-corrected chi connectivity index (χ4v) is 3.92. The van der Waals surface area contributed by atoms with Crippen LogP contribution in [0, 0.1) is 5.82 Å². The van der Waals surface area contributed by atoms with Crippen molar-refractivity contribution in [2.75, 3.05) is 20.1 Å². The van der Waals surface area contributed by atoms with Crippen molar-refractivity contribution in [1.82, 2.24) is 9.62 Å². The molecule has 0 spiro atoms. The largest absolute Gasteiger partial charge is 0.316 e. The van der Waals surface area contributed by atoms with Crippen molar-refractivity contribution in [1.29, 1.82) is 0 Å². The number of hydrogen-bond donors (Lipinski definition) is 1. The fraction of sp³-hybridized carbons (Fsp3) is 0.538. The van der Waals surface area contributed by atoms with Crippen LogP contribution in [0.3, 0.4) is 0 Å². The molecule has 1 fully saturated rings. The summed E-state index contributed by atoms with van der Waals surface area (Å²) in [6.45, 7) is 1.09. The van der Waals surface area contributed by atoms with Crippen LogP contribution in [-0.4, -0.2) is 38.9 Å². The Bertz CT molecular complexity index is 516. The summed E-state index contributed by atoms with van der Waals surface area (Å²) in [6, 6.07) is 5.84. The van der Waals surface area contributed by atoms with E-state index >= 15 is 0 Å². The second kappa shape index (κ2) is 5.98. The maximum Gasteiger partial charge on any atom is 0.218 e. The molecule has 0 aliphatic carbocycles. The molecule has 1 N–H and O–H groups in total. The van der Waals surface area contributed by atoms with Gasteiger partial charge in [0.25, 0.3) is 0 Å². The Morgan fingerprint density at radius 3 is 2.68 bits per heavy atom. The summed E-state index contributed by atoms with van der Waals surface area (Å²) in [4.78, 5) is 0. The number of hydrogen-bond acceptors (Lipinski definition) is 3. The fourth-order valence-electron chi connectivity index (χ4n) is 2.31. The summed E-state index contributed by atoms with van der Waals surface area (Å²) < 4.78 is 38.9. The third-order valence-corrected chi connectivity index (χ3v) is 5.26. The first kappa shape index (κ1) is 14.4. The number of sulfonamides is 1. The molecule has 1 aromatic rings. The highest BCUT2D eigenvalue weighted by Crippen LogP contribution is 2.17. The zero-order chi connectivity index (χ0) is 13.9. The minimum absolute atomic E-state index is 0.0658. The number of nitrogens with one attached hydrogen (secondary N) is 1. The maximum atomic E-state index is 12.8. The molecule has 4 nitrogen and oxygen atoms in total. The molecule has 1 aliphatic rings. The van der Waals surface area contributed by atoms with Gasteiger partial charge in [0, 0.05) is 19.1 Å². The Labute approximate surface area is 113 Å². The molecule has 0 bridgehead atoms. The summed E-state index contributed by atoms with van der Waals surface area (Å²) in [6.07, 6.45) is 1.87. The van der Waals surface area contributed by atoms with Gasteiger partial charge < -0.3 is 5.32 Å². The zero-order valence-electron chi connectivity index (χ0n) is 11.0. The average molecular weight is 286 g/mol. The molecule has 1 aromatic carbocycles. The molecule has 0 saturated carbocycles. The van der Waals surface area contributed by atoms with Crippen molar-refractivity contribution >= 4 is 10.0 Å². The van der Waals surface area contributed by atoms with Crippen LogP contribution in [-0.2, 0) is 15.8 Å². The van der Waals surface area contributed by atoms with Crippen molar-refractivity contribution in [3.63, 3.8) is 0 Å². The van der Waals surface area contributed by atoms with Crippen LogP contribution in [0.4, 0.5) is 4.39 Å². The smallest absolute Gasteiger partial charge is 0.218 e. The van der Waals surface area contributed by atoms with Gasteiger partial charge >= 0.3 is 0 Å². The first-order valence-corrected chi connectivity index (χ1v) is 8.02. The van der Waals surface area contributed by atoms with Crippen molar-refractivity contribution in [3.8, 4) is 0 Å². The number of rotatable bonds is 4. The lowest BCUT2D eigenvalue weighted by atomic mass is 10.1. The molecule has 0 aromatic heterocycles. The van der Waals surface area contributed by atoms with Gasteiger partial charge in [-0.25, -0.2) is 17.1 Å². The lowest BCUT2D eigenvalue weighted by molar-refractivity contribution is 0.292. The van der Waals surface area contributed by atoms with E-state index in [4.69, 9.17) is 0 Å². The van der Waals surface area contributed by atoms with Gasteiger partial charge in [-0.15, -0.1) is 0 Å². The Hall–Kier alpha value is -0.980. The summed E-state index contributed by atoms with van der Waals surface area (Å²) in [5.41, 5.74) is 0.619. The SMILES string of the molecule is CN[C@H]1CCCN(S(=O)(=O)Cc2ccc(F)cc2)C1. The van der Waals surface area contributed by atoms with Gasteiger partial charge in [-0.2, -0.15) is 0 Å². The van der Waals surface area contributed by atoms with Gasteiger partial charge in [0.15, 0.2) is 0 Å². The van der Waals surface area contributed by atoms with Crippen LogP contribution >= 0.6 is 0 Å². The quantitative estimate of drug-likeness (QED) is 0.908. The van der Waals surface area contributed by atoms with Crippen LogP contribution in [0.1, 0.15) is 18.4 Å². The highest BCUT2D eigenvalue weighted by molar-refractivity contribution is 7.88. The summed E-state index contributed by atoms with van der Waals surface area (Å²) >= 11 is 0. The first-order chi connectivity index (χ1) is 9.01. The van der Waals surface area contributed by atoms with Crippen LogP contribution in [0.15, 0.2) is 24.3 Å². The molecular weight excluding hydrogens is 267 g/mol. The van der Waals surface area contributed by atoms with E-state index in [1.807, 2.05) is 7.05 Å². The molecule has 19 heavy (non-hydrogen) atoms. The Morgan fingerprint density at radius 1 is 1.37 bits per heavy atom. The van der Waals surface area contributed by atoms with Crippen molar-refractivity contribution in [2.45, 2.75) is 24.6 Å². The lowest BCUT2D eigenvalue weighted by Gasteiger charge is -2.31. The molecular formula is C13H19FN2O2S. The summed E-state index contributed by atoms with van der Waals surface area (Å²) in [7, 11) is -1.47. The highest BCUT2D eigenvalue weighted by atomic mass is 32.2. The minimum atomic E-state index is -3.32. The summed E-state index contributed by atoms with van der Waals surface area (Å²) in [5, 5.41) is 3.12. The van der Waals surface area contributed by atoms with Crippen LogP contribution in [0.2, 0.25) is 0 Å². The Kier molecular flexibility index (Phi) is 4.54. The van der Waals surface area contributed by atoms with Crippen LogP contribution in [0.25, 0.3) is 0 Å². The Morgan fingerprint density at radius 2 is 2.05 bits per heavy atom. The number of likely N-dealkylation sites (N-methyl/N-ethyl adjacent to an activating group) is 1. The van der Waals surface area contributed by atoms with E-state index in [1.165, 1.54) is 28.6 Å². The molecule has 6 heteroatoms. The monoisotopic (exact) mass is 286 g/mol. The second-order valence-electron chi connectivity index (χ2n) is 4.87. The average Bonchev–Trinajstić information content (AvgIpc) is 2.41. The van der Waals surface area contributed by atoms with Gasteiger partial charge in [0.2, 0.25) is 10.0 Å². The van der Waals surface area contributed by atoms with E-state index in [1.54, 1.807) is 0 Å². The van der Waals surface area contributed by atoms with Crippen LogP contribution in [0.5, 0.6) is 0 Å². The molecule has 1 saturated heterocycles. The molecule has 1 atom stereocenters. The number of halogens is 1. The molecule has 0 radical (unpaired) electrons. The molecule has 2 rings (SSSR count). The van der Waals surface area contributed by atoms with Gasteiger partial charge in [-0.05, 0) is 37.6 Å². The molecule has 1 heterocycles. The van der Waals surface area contributed by atoms with Gasteiger partial charge in [-0.1, -0.05) is 12.1 Å². The third-order valence-electron chi connectivity index (χ3n) is 3.45. The standard InChI is InChI=1S/C13H19FN2O2S/c1-15-13-3-2-8-16(9-13)19(17,18)10-11-4-6-12(14)7-5-11/h4-7,13,15H,2-3,8-10H2,1H3/t13-/m0/s1. The van der Waals surface area contributed by atoms with E-state index < -0.39 is 10.0 Å². The molecule has 0 amide bonds. The summed E-state index contributed by atoms with van der Waals surface area (Å²) in [5.74, 6) is -0.418. The number of nitrogens with zero attached hydrogens (tertiary/aromatic N) is 1. The van der Waals surface area contributed by atoms with E-state index in [0.29, 0.717) is 18.7 Å². The zero-order valence-corrected chi connectivity index (χ0v) is 11.8. The lowest BCUT2D eigenvalue weighted by Crippen LogP contribution is -2.47. The minimum Gasteiger partial charge on any atom is -0.316 e. The van der Waals surface area contributed by atoms with E-state index in [-0.39, 0.29) is 17.6 Å². The van der Waals surface area contributed by atoms with Crippen molar-refractivity contribution in [3.05, 3.63) is 35.6 Å². The van der Waals surface area contributed by atoms with Crippen molar-refractivity contribution < 1.29 is 12.8 Å². The van der Waals surface area contributed by atoms with Gasteiger partial charge in [0.05, 0.1) is 5.75 Å². The highest BCUT2D eigenvalue weighted by Gasteiger charge is 2.28. The van der Waals surface area contributed by atoms with Gasteiger partial charge in [-0.3, -0.25) is 0 Å². The maximum absolute atomic E-state index is 12.8. The third kappa shape index (κ3) is 3.75. The Balaban J connectivity index is 2.07. The van der Waals surface area contributed by atoms with E-state index in [2.05, 4.69) is 5.32 Å². The van der Waals surface area contributed by atoms with Crippen LogP contribution < -0.4 is 5.32 Å². The van der Waals surface area contributed by atoms with Gasteiger partial charge in [0.1, 0.15) is 5.82 Å². The topological polar surface area (TPSA) is 49.4 Å². The predicted molar refractivity (Wildman–Crippen MR) is 72.7 cm³/mol. The van der Waals surface area contributed by atoms with Crippen molar-refractivity contribution in [2.24, 2.45) is 0 Å². The normalized spacial score (nSPS) is 21.5.